The topological polar surface area (TPSA) is 47.9 Å². The predicted molar refractivity (Wildman–Crippen MR) is 247 cm³/mol. The van der Waals surface area contributed by atoms with Gasteiger partial charge in [0.05, 0.1) is 24.2 Å². The highest BCUT2D eigenvalue weighted by molar-refractivity contribution is 5.87. The summed E-state index contributed by atoms with van der Waals surface area (Å²) in [6.07, 6.45) is 9.58. The Labute approximate surface area is 352 Å². The van der Waals surface area contributed by atoms with Crippen LogP contribution in [-0.4, -0.2) is 22.1 Å². The summed E-state index contributed by atoms with van der Waals surface area (Å²) in [4.78, 5) is 14.7. The summed E-state index contributed by atoms with van der Waals surface area (Å²) < 4.78 is 6.11. The molecule has 3 heterocycles. The third kappa shape index (κ3) is 8.84. The molecule has 0 amide bonds. The standard InChI is InChI=1S/C56H45N3O/c1-60-56-36-55(48-21-13-20-47(35-48)44-14-5-2-6-15-44)59-39-52(56)51-23-12-11-22-50(51)49-33-42(26-24-40-28-30-53(57-37-40)45-16-7-3-8-17-45)32-43(34-49)27-25-41-29-31-54(58-38-41)46-18-9-4-10-19-46/h2-23,28-39H,24-27H2,1H3. The van der Waals surface area contributed by atoms with Crippen molar-refractivity contribution in [2.75, 3.05) is 7.11 Å². The van der Waals surface area contributed by atoms with Crippen molar-refractivity contribution in [2.24, 2.45) is 0 Å². The fraction of sp³-hybridized carbons (Fsp3) is 0.0893. The van der Waals surface area contributed by atoms with E-state index >= 15 is 0 Å². The predicted octanol–water partition coefficient (Wildman–Crippen LogP) is 13.5. The fourth-order valence-electron chi connectivity index (χ4n) is 7.91. The summed E-state index contributed by atoms with van der Waals surface area (Å²) in [5.41, 5.74) is 17.9. The molecular formula is C56H45N3O. The number of methoxy groups -OCH3 is 1. The van der Waals surface area contributed by atoms with Gasteiger partial charge >= 0.3 is 0 Å². The maximum absolute atomic E-state index is 6.11. The lowest BCUT2D eigenvalue weighted by Gasteiger charge is -2.16. The number of hydrogen-bond donors (Lipinski definition) is 0. The highest BCUT2D eigenvalue weighted by Crippen LogP contribution is 2.39. The molecule has 0 aliphatic heterocycles. The van der Waals surface area contributed by atoms with Gasteiger partial charge in [-0.1, -0.05) is 164 Å². The van der Waals surface area contributed by atoms with Crippen molar-refractivity contribution < 1.29 is 4.74 Å². The second-order valence-electron chi connectivity index (χ2n) is 15.1. The summed E-state index contributed by atoms with van der Waals surface area (Å²) in [6, 6.07) is 66.1. The molecule has 0 radical (unpaired) electrons. The van der Waals surface area contributed by atoms with Gasteiger partial charge in [-0.3, -0.25) is 15.0 Å². The van der Waals surface area contributed by atoms with Gasteiger partial charge in [0.2, 0.25) is 0 Å². The largest absolute Gasteiger partial charge is 0.496 e. The van der Waals surface area contributed by atoms with E-state index in [2.05, 4.69) is 170 Å². The Morgan fingerprint density at radius 3 is 1.35 bits per heavy atom. The fourth-order valence-corrected chi connectivity index (χ4v) is 7.91. The van der Waals surface area contributed by atoms with Crippen molar-refractivity contribution >= 4 is 0 Å². The Morgan fingerprint density at radius 2 is 0.800 bits per heavy atom. The second kappa shape index (κ2) is 18.0. The van der Waals surface area contributed by atoms with Crippen molar-refractivity contribution in [3.63, 3.8) is 0 Å². The summed E-state index contributed by atoms with van der Waals surface area (Å²) in [5.74, 6) is 0.784. The smallest absolute Gasteiger partial charge is 0.130 e. The first-order valence-corrected chi connectivity index (χ1v) is 20.6. The number of hydrogen-bond acceptors (Lipinski definition) is 4. The lowest BCUT2D eigenvalue weighted by atomic mass is 9.90. The van der Waals surface area contributed by atoms with Gasteiger partial charge in [0.25, 0.3) is 0 Å². The molecule has 4 nitrogen and oxygen atoms in total. The van der Waals surface area contributed by atoms with Crippen molar-refractivity contribution in [1.82, 2.24) is 15.0 Å². The monoisotopic (exact) mass is 775 g/mol. The molecule has 0 aliphatic carbocycles. The molecule has 0 bridgehead atoms. The normalized spacial score (nSPS) is 11.0. The zero-order valence-corrected chi connectivity index (χ0v) is 33.7. The van der Waals surface area contributed by atoms with E-state index in [4.69, 9.17) is 19.7 Å². The summed E-state index contributed by atoms with van der Waals surface area (Å²) in [7, 11) is 1.74. The number of aryl methyl sites for hydroxylation is 4. The minimum Gasteiger partial charge on any atom is -0.496 e. The molecule has 0 saturated carbocycles. The average molecular weight is 776 g/mol. The first-order chi connectivity index (χ1) is 29.7. The molecule has 9 aromatic rings. The molecule has 9 rings (SSSR count). The van der Waals surface area contributed by atoms with Crippen molar-refractivity contribution in [3.05, 3.63) is 229 Å². The summed E-state index contributed by atoms with van der Waals surface area (Å²) >= 11 is 0. The Balaban J connectivity index is 1.02. The molecule has 4 heteroatoms. The maximum Gasteiger partial charge on any atom is 0.130 e. The van der Waals surface area contributed by atoms with E-state index in [0.29, 0.717) is 0 Å². The number of pyridine rings is 3. The Kier molecular flexibility index (Phi) is 11.4. The van der Waals surface area contributed by atoms with Crippen LogP contribution in [-0.2, 0) is 25.7 Å². The Bertz CT molecular complexity index is 2720. The highest BCUT2D eigenvalue weighted by atomic mass is 16.5. The van der Waals surface area contributed by atoms with Gasteiger partial charge in [0.15, 0.2) is 0 Å². The number of rotatable bonds is 13. The molecular weight excluding hydrogens is 731 g/mol. The second-order valence-corrected chi connectivity index (χ2v) is 15.1. The summed E-state index contributed by atoms with van der Waals surface area (Å²) in [6.45, 7) is 0. The molecule has 60 heavy (non-hydrogen) atoms. The van der Waals surface area contributed by atoms with Gasteiger partial charge in [-0.15, -0.1) is 0 Å². The van der Waals surface area contributed by atoms with Crippen molar-refractivity contribution in [3.8, 4) is 72.9 Å². The molecule has 0 aliphatic rings. The lowest BCUT2D eigenvalue weighted by molar-refractivity contribution is 0.416. The Hall–Kier alpha value is -7.43. The van der Waals surface area contributed by atoms with E-state index in [1.165, 1.54) is 33.4 Å². The van der Waals surface area contributed by atoms with Crippen LogP contribution in [0.4, 0.5) is 0 Å². The van der Waals surface area contributed by atoms with Crippen LogP contribution in [0.1, 0.15) is 22.3 Å². The minimum atomic E-state index is 0.784. The lowest BCUT2D eigenvalue weighted by Crippen LogP contribution is -1.99. The van der Waals surface area contributed by atoms with Crippen LogP contribution >= 0.6 is 0 Å². The third-order valence-corrected chi connectivity index (χ3v) is 11.1. The van der Waals surface area contributed by atoms with Gasteiger partial charge in [0.1, 0.15) is 5.75 Å². The first-order valence-electron chi connectivity index (χ1n) is 20.6. The van der Waals surface area contributed by atoms with E-state index in [9.17, 15) is 0 Å². The minimum absolute atomic E-state index is 0.784. The number of nitrogens with zero attached hydrogens (tertiary/aromatic N) is 3. The third-order valence-electron chi connectivity index (χ3n) is 11.1. The zero-order valence-electron chi connectivity index (χ0n) is 33.7. The molecule has 0 N–H and O–H groups in total. The average Bonchev–Trinajstić information content (AvgIpc) is 3.33. The van der Waals surface area contributed by atoms with Crippen molar-refractivity contribution in [2.45, 2.75) is 25.7 Å². The molecule has 0 fully saturated rings. The summed E-state index contributed by atoms with van der Waals surface area (Å²) in [5, 5.41) is 0. The Morgan fingerprint density at radius 1 is 0.317 bits per heavy atom. The van der Waals surface area contributed by atoms with Gasteiger partial charge in [-0.2, -0.15) is 0 Å². The van der Waals surface area contributed by atoms with E-state index in [1.807, 2.05) is 36.8 Å². The molecule has 6 aromatic carbocycles. The molecule has 0 atom stereocenters. The quantitative estimate of drug-likeness (QED) is 0.117. The van der Waals surface area contributed by atoms with Crippen LogP contribution in [0.5, 0.6) is 5.75 Å². The van der Waals surface area contributed by atoms with Crippen LogP contribution in [0.15, 0.2) is 207 Å². The molecule has 3 aromatic heterocycles. The first kappa shape index (κ1) is 38.1. The van der Waals surface area contributed by atoms with Gasteiger partial charge in [-0.05, 0) is 94.0 Å². The van der Waals surface area contributed by atoms with Crippen molar-refractivity contribution in [1.29, 1.82) is 0 Å². The highest BCUT2D eigenvalue weighted by Gasteiger charge is 2.16. The maximum atomic E-state index is 6.11. The van der Waals surface area contributed by atoms with E-state index < -0.39 is 0 Å². The van der Waals surface area contributed by atoms with Gasteiger partial charge in [0, 0.05) is 46.9 Å². The van der Waals surface area contributed by atoms with E-state index in [0.717, 1.165) is 87.5 Å². The molecule has 290 valence electrons. The molecule has 0 saturated heterocycles. The van der Waals surface area contributed by atoms with E-state index in [1.54, 1.807) is 7.11 Å². The van der Waals surface area contributed by atoms with Gasteiger partial charge in [-0.25, -0.2) is 0 Å². The SMILES string of the molecule is COc1cc(-c2cccc(-c3ccccc3)c2)ncc1-c1ccccc1-c1cc(CCc2ccc(-c3ccccc3)nc2)cc(CCc2ccc(-c3ccccc3)nc2)c1. The van der Waals surface area contributed by atoms with Crippen LogP contribution in [0.2, 0.25) is 0 Å². The zero-order chi connectivity index (χ0) is 40.5. The molecule has 0 spiro atoms. The van der Waals surface area contributed by atoms with Crippen LogP contribution in [0, 0.1) is 0 Å². The number of ether oxygens (including phenoxy) is 1. The number of benzene rings is 6. The van der Waals surface area contributed by atoms with Crippen LogP contribution in [0.3, 0.4) is 0 Å². The van der Waals surface area contributed by atoms with Crippen LogP contribution in [0.25, 0.3) is 67.2 Å². The van der Waals surface area contributed by atoms with Crippen LogP contribution < -0.4 is 4.74 Å². The number of aromatic nitrogens is 3. The van der Waals surface area contributed by atoms with E-state index in [-0.39, 0.29) is 0 Å². The van der Waals surface area contributed by atoms with Gasteiger partial charge < -0.3 is 4.74 Å². The molecule has 0 unspecified atom stereocenters.